The number of hydrogen-bond acceptors (Lipinski definition) is 3. The largest absolute Gasteiger partial charge is 0.336 e. The van der Waals surface area contributed by atoms with E-state index >= 15 is 0 Å². The van der Waals surface area contributed by atoms with Gasteiger partial charge in [0.2, 0.25) is 5.91 Å². The second-order valence-electron chi connectivity index (χ2n) is 5.97. The molecule has 0 spiro atoms. The fraction of sp³-hybridized carbons (Fsp3) is 0.857. The SMILES string of the molecule is O=C(CN(C1CCCCC1)C1CC1)N1CCNC1=O. The van der Waals surface area contributed by atoms with Crippen molar-refractivity contribution < 1.29 is 9.59 Å². The fourth-order valence-corrected chi connectivity index (χ4v) is 3.33. The van der Waals surface area contributed by atoms with Crippen LogP contribution >= 0.6 is 0 Å². The van der Waals surface area contributed by atoms with Crippen molar-refractivity contribution in [3.63, 3.8) is 0 Å². The van der Waals surface area contributed by atoms with Gasteiger partial charge < -0.3 is 5.32 Å². The van der Waals surface area contributed by atoms with Crippen LogP contribution in [0.25, 0.3) is 0 Å². The van der Waals surface area contributed by atoms with E-state index in [1.807, 2.05) is 0 Å². The number of nitrogens with one attached hydrogen (secondary N) is 1. The zero-order valence-corrected chi connectivity index (χ0v) is 11.4. The molecule has 0 aromatic rings. The van der Waals surface area contributed by atoms with E-state index in [0.29, 0.717) is 31.7 Å². The van der Waals surface area contributed by atoms with Crippen molar-refractivity contribution >= 4 is 11.9 Å². The molecule has 19 heavy (non-hydrogen) atoms. The summed E-state index contributed by atoms with van der Waals surface area (Å²) in [5.74, 6) is -0.0209. The average molecular weight is 265 g/mol. The van der Waals surface area contributed by atoms with Gasteiger partial charge in [-0.1, -0.05) is 19.3 Å². The first-order valence-electron chi connectivity index (χ1n) is 7.59. The van der Waals surface area contributed by atoms with Crippen LogP contribution in [0.4, 0.5) is 4.79 Å². The molecule has 0 aromatic heterocycles. The molecule has 3 rings (SSSR count). The van der Waals surface area contributed by atoms with Gasteiger partial charge in [0, 0.05) is 25.2 Å². The predicted octanol–water partition coefficient (Wildman–Crippen LogP) is 1.34. The van der Waals surface area contributed by atoms with Crippen molar-refractivity contribution in [2.45, 2.75) is 57.0 Å². The predicted molar refractivity (Wildman–Crippen MR) is 71.7 cm³/mol. The second-order valence-corrected chi connectivity index (χ2v) is 5.97. The number of urea groups is 1. The highest BCUT2D eigenvalue weighted by atomic mass is 16.2. The number of rotatable bonds is 4. The minimum absolute atomic E-state index is 0.0209. The van der Waals surface area contributed by atoms with Crippen molar-refractivity contribution in [3.05, 3.63) is 0 Å². The minimum Gasteiger partial charge on any atom is -0.336 e. The maximum Gasteiger partial charge on any atom is 0.324 e. The maximum absolute atomic E-state index is 12.3. The van der Waals surface area contributed by atoms with Gasteiger partial charge in [0.15, 0.2) is 0 Å². The van der Waals surface area contributed by atoms with Crippen molar-refractivity contribution in [1.29, 1.82) is 0 Å². The number of carbonyl (C=O) groups excluding carboxylic acids is 2. The summed E-state index contributed by atoms with van der Waals surface area (Å²) in [5, 5.41) is 2.70. The Labute approximate surface area is 114 Å². The van der Waals surface area contributed by atoms with Crippen LogP contribution in [0.1, 0.15) is 44.9 Å². The summed E-state index contributed by atoms with van der Waals surface area (Å²) in [7, 11) is 0. The molecule has 106 valence electrons. The normalized spacial score (nSPS) is 24.9. The van der Waals surface area contributed by atoms with Gasteiger partial charge in [0.25, 0.3) is 0 Å². The van der Waals surface area contributed by atoms with Crippen molar-refractivity contribution in [2.75, 3.05) is 19.6 Å². The molecule has 2 saturated carbocycles. The summed E-state index contributed by atoms with van der Waals surface area (Å²) in [6, 6.07) is 0.943. The Bertz CT molecular complexity index is 362. The number of hydrogen-bond donors (Lipinski definition) is 1. The number of imide groups is 1. The lowest BCUT2D eigenvalue weighted by Gasteiger charge is -2.34. The molecule has 3 amide bonds. The molecule has 5 nitrogen and oxygen atoms in total. The smallest absolute Gasteiger partial charge is 0.324 e. The Morgan fingerprint density at radius 1 is 1.16 bits per heavy atom. The van der Waals surface area contributed by atoms with Crippen LogP contribution < -0.4 is 5.32 Å². The standard InChI is InChI=1S/C14H23N3O2/c18-13(16-9-8-15-14(16)19)10-17(12-6-7-12)11-4-2-1-3-5-11/h11-12H,1-10H2,(H,15,19). The summed E-state index contributed by atoms with van der Waals surface area (Å²) in [6.07, 6.45) is 8.77. The van der Waals surface area contributed by atoms with Gasteiger partial charge in [-0.05, 0) is 25.7 Å². The third-order valence-electron chi connectivity index (χ3n) is 4.54. The Balaban J connectivity index is 1.60. The average Bonchev–Trinajstić information content (AvgIpc) is 3.18. The Hall–Kier alpha value is -1.10. The summed E-state index contributed by atoms with van der Waals surface area (Å²) in [5.41, 5.74) is 0. The van der Waals surface area contributed by atoms with Crippen molar-refractivity contribution in [1.82, 2.24) is 15.1 Å². The van der Waals surface area contributed by atoms with Gasteiger partial charge in [0.05, 0.1) is 6.54 Å². The highest BCUT2D eigenvalue weighted by Gasteiger charge is 2.37. The lowest BCUT2D eigenvalue weighted by molar-refractivity contribution is -0.129. The first kappa shape index (κ1) is 12.9. The summed E-state index contributed by atoms with van der Waals surface area (Å²) in [4.78, 5) is 27.6. The molecule has 3 fully saturated rings. The molecule has 1 aliphatic heterocycles. The Morgan fingerprint density at radius 3 is 2.42 bits per heavy atom. The first-order valence-corrected chi connectivity index (χ1v) is 7.59. The molecule has 2 aliphatic carbocycles. The third kappa shape index (κ3) is 2.91. The second kappa shape index (κ2) is 5.49. The van der Waals surface area contributed by atoms with E-state index in [1.54, 1.807) is 0 Å². The van der Waals surface area contributed by atoms with E-state index in [9.17, 15) is 9.59 Å². The molecule has 1 saturated heterocycles. The molecule has 5 heteroatoms. The molecule has 0 bridgehead atoms. The minimum atomic E-state index is -0.218. The van der Waals surface area contributed by atoms with Crippen LogP contribution in [0.5, 0.6) is 0 Å². The van der Waals surface area contributed by atoms with Gasteiger partial charge >= 0.3 is 6.03 Å². The lowest BCUT2D eigenvalue weighted by atomic mass is 9.94. The van der Waals surface area contributed by atoms with Crippen LogP contribution in [-0.2, 0) is 4.79 Å². The Kier molecular flexibility index (Phi) is 3.73. The van der Waals surface area contributed by atoms with Crippen LogP contribution in [-0.4, -0.2) is 53.5 Å². The highest BCUT2D eigenvalue weighted by molar-refractivity contribution is 5.96. The van der Waals surface area contributed by atoms with Gasteiger partial charge in [-0.25, -0.2) is 4.79 Å². The van der Waals surface area contributed by atoms with Crippen LogP contribution in [0.3, 0.4) is 0 Å². The Morgan fingerprint density at radius 2 is 1.84 bits per heavy atom. The summed E-state index contributed by atoms with van der Waals surface area (Å²) in [6.45, 7) is 1.56. The molecule has 0 aromatic carbocycles. The topological polar surface area (TPSA) is 52.7 Å². The van der Waals surface area contributed by atoms with Crippen LogP contribution in [0.15, 0.2) is 0 Å². The summed E-state index contributed by atoms with van der Waals surface area (Å²) >= 11 is 0. The first-order chi connectivity index (χ1) is 9.25. The summed E-state index contributed by atoms with van der Waals surface area (Å²) < 4.78 is 0. The number of amides is 3. The molecule has 0 radical (unpaired) electrons. The molecule has 1 heterocycles. The number of nitrogens with zero attached hydrogens (tertiary/aromatic N) is 2. The van der Waals surface area contributed by atoms with Gasteiger partial charge in [0.1, 0.15) is 0 Å². The quantitative estimate of drug-likeness (QED) is 0.834. The van der Waals surface area contributed by atoms with Crippen molar-refractivity contribution in [3.8, 4) is 0 Å². The molecule has 1 N–H and O–H groups in total. The number of carbonyl (C=O) groups is 2. The van der Waals surface area contributed by atoms with Gasteiger partial charge in [-0.2, -0.15) is 0 Å². The zero-order chi connectivity index (χ0) is 13.2. The highest BCUT2D eigenvalue weighted by Crippen LogP contribution is 2.33. The molecular formula is C14H23N3O2. The van der Waals surface area contributed by atoms with E-state index in [1.165, 1.54) is 49.8 Å². The van der Waals surface area contributed by atoms with E-state index in [4.69, 9.17) is 0 Å². The van der Waals surface area contributed by atoms with Crippen LogP contribution in [0.2, 0.25) is 0 Å². The monoisotopic (exact) mass is 265 g/mol. The lowest BCUT2D eigenvalue weighted by Crippen LogP contribution is -2.47. The third-order valence-corrected chi connectivity index (χ3v) is 4.54. The van der Waals surface area contributed by atoms with E-state index < -0.39 is 0 Å². The van der Waals surface area contributed by atoms with E-state index in [-0.39, 0.29) is 11.9 Å². The molecule has 0 atom stereocenters. The van der Waals surface area contributed by atoms with Crippen molar-refractivity contribution in [2.24, 2.45) is 0 Å². The van der Waals surface area contributed by atoms with Gasteiger partial charge in [-0.15, -0.1) is 0 Å². The molecular weight excluding hydrogens is 242 g/mol. The van der Waals surface area contributed by atoms with Gasteiger partial charge in [-0.3, -0.25) is 14.6 Å². The van der Waals surface area contributed by atoms with E-state index in [2.05, 4.69) is 10.2 Å². The molecule has 0 unspecified atom stereocenters. The van der Waals surface area contributed by atoms with Crippen LogP contribution in [0, 0.1) is 0 Å². The zero-order valence-electron chi connectivity index (χ0n) is 11.4. The fourth-order valence-electron chi connectivity index (χ4n) is 3.33. The van der Waals surface area contributed by atoms with E-state index in [0.717, 1.165) is 0 Å². The maximum atomic E-state index is 12.3. The molecule has 3 aliphatic rings.